The summed E-state index contributed by atoms with van der Waals surface area (Å²) in [7, 11) is 1.50. The van der Waals surface area contributed by atoms with E-state index in [0.717, 1.165) is 35.4 Å². The summed E-state index contributed by atoms with van der Waals surface area (Å²) in [4.78, 5) is 55.1. The Morgan fingerprint density at radius 1 is 1.21 bits per heavy atom. The lowest BCUT2D eigenvalue weighted by atomic mass is 9.99. The molecular weight excluding hydrogens is 456 g/mol. The summed E-state index contributed by atoms with van der Waals surface area (Å²) in [6.45, 7) is 5.51. The van der Waals surface area contributed by atoms with E-state index in [-0.39, 0.29) is 29.3 Å². The molecule has 4 amide bonds. The number of aryl methyl sites for hydroxylation is 1. The van der Waals surface area contributed by atoms with Gasteiger partial charge in [0.1, 0.15) is 10.9 Å². The average molecular weight is 485 g/mol. The molecule has 2 aliphatic heterocycles. The molecule has 11 heteroatoms. The fraction of sp³-hybridized carbons (Fsp3) is 0.435. The van der Waals surface area contributed by atoms with Gasteiger partial charge in [0.05, 0.1) is 11.6 Å². The van der Waals surface area contributed by atoms with Gasteiger partial charge in [0, 0.05) is 33.2 Å². The van der Waals surface area contributed by atoms with E-state index in [1.165, 1.54) is 7.05 Å². The van der Waals surface area contributed by atoms with Crippen molar-refractivity contribution in [3.8, 4) is 0 Å². The molecule has 0 unspecified atom stereocenters. The molecule has 180 valence electrons. The molecule has 2 aliphatic rings. The molecule has 4 rings (SSSR count). The van der Waals surface area contributed by atoms with Crippen LogP contribution >= 0.6 is 11.3 Å². The Balaban J connectivity index is 1.42. The molecule has 2 aromatic rings. The van der Waals surface area contributed by atoms with Crippen LogP contribution in [0.25, 0.3) is 0 Å². The molecule has 1 fully saturated rings. The molecular formula is C23H28N6O4S. The number of nitrogens with one attached hydrogen (secondary N) is 3. The van der Waals surface area contributed by atoms with Gasteiger partial charge in [-0.2, -0.15) is 0 Å². The van der Waals surface area contributed by atoms with Crippen LogP contribution in [0.4, 0.5) is 0 Å². The lowest BCUT2D eigenvalue weighted by Gasteiger charge is -2.28. The van der Waals surface area contributed by atoms with Crippen molar-refractivity contribution in [2.45, 2.75) is 32.9 Å². The zero-order valence-corrected chi connectivity index (χ0v) is 20.2. The molecule has 3 heterocycles. The molecule has 0 saturated carbocycles. The molecule has 2 atom stereocenters. The minimum Gasteiger partial charge on any atom is -0.353 e. The maximum Gasteiger partial charge on any atom is 0.280 e. The summed E-state index contributed by atoms with van der Waals surface area (Å²) in [6, 6.07) is 6.89. The number of hydrogen-bond donors (Lipinski definition) is 3. The summed E-state index contributed by atoms with van der Waals surface area (Å²) >= 11 is 1.00. The topological polar surface area (TPSA) is 124 Å². The summed E-state index contributed by atoms with van der Waals surface area (Å²) in [5, 5.41) is 12.1. The Kier molecular flexibility index (Phi) is 6.94. The standard InChI is InChI=1S/C23H28N6O4S/c1-13(11-25-20(31)18-14(2)26-22(34-18)21(32)24-3)19(30)27-17-16-8-5-4-7-15(16)12-28-9-6-10-29(28)23(17)33/h4-5,7-8,13,17H,6,9-12H2,1-3H3,(H,24,32)(H,25,31)(H,27,30)/t13-,17+/m1/s1. The number of nitrogens with zero attached hydrogens (tertiary/aromatic N) is 3. The zero-order valence-electron chi connectivity index (χ0n) is 19.4. The predicted molar refractivity (Wildman–Crippen MR) is 126 cm³/mol. The van der Waals surface area contributed by atoms with Gasteiger partial charge in [-0.3, -0.25) is 24.2 Å². The van der Waals surface area contributed by atoms with Gasteiger partial charge < -0.3 is 16.0 Å². The lowest BCUT2D eigenvalue weighted by Crippen LogP contribution is -2.47. The first-order valence-corrected chi connectivity index (χ1v) is 12.0. The SMILES string of the molecule is CNC(=O)c1nc(C)c(C(=O)NC[C@@H](C)C(=O)N[C@@H]2C(=O)N3CCCN3Cc3ccccc32)s1. The second-order valence-corrected chi connectivity index (χ2v) is 9.47. The van der Waals surface area contributed by atoms with E-state index in [4.69, 9.17) is 0 Å². The highest BCUT2D eigenvalue weighted by Crippen LogP contribution is 2.29. The average Bonchev–Trinajstić information content (AvgIpc) is 3.44. The second kappa shape index (κ2) is 9.90. The highest BCUT2D eigenvalue weighted by Gasteiger charge is 2.38. The summed E-state index contributed by atoms with van der Waals surface area (Å²) in [5.41, 5.74) is 2.27. The van der Waals surface area contributed by atoms with Crippen LogP contribution in [0.15, 0.2) is 24.3 Å². The Morgan fingerprint density at radius 2 is 1.97 bits per heavy atom. The second-order valence-electron chi connectivity index (χ2n) is 8.47. The maximum atomic E-state index is 13.3. The van der Waals surface area contributed by atoms with Crippen LogP contribution in [0, 0.1) is 12.8 Å². The fourth-order valence-corrected chi connectivity index (χ4v) is 5.10. The Labute approximate surface area is 201 Å². The van der Waals surface area contributed by atoms with Crippen molar-refractivity contribution in [3.05, 3.63) is 51.0 Å². The van der Waals surface area contributed by atoms with Gasteiger partial charge >= 0.3 is 0 Å². The Bertz CT molecular complexity index is 1130. The van der Waals surface area contributed by atoms with E-state index in [1.54, 1.807) is 18.9 Å². The van der Waals surface area contributed by atoms with Crippen LogP contribution in [0.2, 0.25) is 0 Å². The number of amides is 4. The summed E-state index contributed by atoms with van der Waals surface area (Å²) < 4.78 is 0. The number of carbonyl (C=O) groups excluding carboxylic acids is 4. The highest BCUT2D eigenvalue weighted by atomic mass is 32.1. The molecule has 3 N–H and O–H groups in total. The van der Waals surface area contributed by atoms with E-state index in [0.29, 0.717) is 23.7 Å². The first-order chi connectivity index (χ1) is 16.3. The first-order valence-electron chi connectivity index (χ1n) is 11.2. The van der Waals surface area contributed by atoms with Crippen LogP contribution < -0.4 is 16.0 Å². The number of fused-ring (bicyclic) bond motifs is 2. The van der Waals surface area contributed by atoms with Crippen molar-refractivity contribution in [1.82, 2.24) is 31.0 Å². The third kappa shape index (κ3) is 4.66. The summed E-state index contributed by atoms with van der Waals surface area (Å²) in [6.07, 6.45) is 0.898. The normalized spacial score (nSPS) is 18.5. The molecule has 10 nitrogen and oxygen atoms in total. The monoisotopic (exact) mass is 484 g/mol. The molecule has 0 aliphatic carbocycles. The van der Waals surface area contributed by atoms with Crippen LogP contribution in [0.5, 0.6) is 0 Å². The van der Waals surface area contributed by atoms with Crippen molar-refractivity contribution >= 4 is 35.0 Å². The van der Waals surface area contributed by atoms with Crippen LogP contribution in [-0.4, -0.2) is 65.3 Å². The predicted octanol–water partition coefficient (Wildman–Crippen LogP) is 0.997. The van der Waals surface area contributed by atoms with E-state index in [2.05, 4.69) is 20.9 Å². The molecule has 0 radical (unpaired) electrons. The number of aromatic nitrogens is 1. The number of hydrazine groups is 1. The molecule has 1 saturated heterocycles. The van der Waals surface area contributed by atoms with Gasteiger partial charge in [0.25, 0.3) is 17.7 Å². The Hall–Kier alpha value is -3.31. The number of thiazole rings is 1. The summed E-state index contributed by atoms with van der Waals surface area (Å²) in [5.74, 6) is -1.80. The third-order valence-electron chi connectivity index (χ3n) is 6.07. The highest BCUT2D eigenvalue weighted by molar-refractivity contribution is 7.15. The Morgan fingerprint density at radius 3 is 2.74 bits per heavy atom. The molecule has 34 heavy (non-hydrogen) atoms. The van der Waals surface area contributed by atoms with Crippen molar-refractivity contribution in [2.75, 3.05) is 26.7 Å². The van der Waals surface area contributed by atoms with Crippen LogP contribution in [0.1, 0.15) is 55.7 Å². The first kappa shape index (κ1) is 23.8. The smallest absolute Gasteiger partial charge is 0.280 e. The molecule has 1 aromatic heterocycles. The fourth-order valence-electron chi connectivity index (χ4n) is 4.17. The van der Waals surface area contributed by atoms with Crippen molar-refractivity contribution in [2.24, 2.45) is 5.92 Å². The van der Waals surface area contributed by atoms with Gasteiger partial charge in [0.2, 0.25) is 5.91 Å². The minimum atomic E-state index is -0.774. The number of rotatable bonds is 6. The lowest BCUT2D eigenvalue weighted by molar-refractivity contribution is -0.148. The number of benzene rings is 1. The molecule has 0 spiro atoms. The number of carbonyl (C=O) groups is 4. The molecule has 1 aromatic carbocycles. The largest absolute Gasteiger partial charge is 0.353 e. The zero-order chi connectivity index (χ0) is 24.4. The van der Waals surface area contributed by atoms with Gasteiger partial charge in [-0.05, 0) is 24.5 Å². The van der Waals surface area contributed by atoms with E-state index >= 15 is 0 Å². The van der Waals surface area contributed by atoms with Crippen molar-refractivity contribution in [3.63, 3.8) is 0 Å². The minimum absolute atomic E-state index is 0.0791. The number of hydrogen-bond acceptors (Lipinski definition) is 7. The van der Waals surface area contributed by atoms with Gasteiger partial charge in [-0.1, -0.05) is 31.2 Å². The maximum absolute atomic E-state index is 13.3. The van der Waals surface area contributed by atoms with E-state index in [9.17, 15) is 19.2 Å². The third-order valence-corrected chi connectivity index (χ3v) is 7.23. The van der Waals surface area contributed by atoms with E-state index < -0.39 is 17.9 Å². The van der Waals surface area contributed by atoms with Gasteiger partial charge in [0.15, 0.2) is 5.01 Å². The van der Waals surface area contributed by atoms with Crippen LogP contribution in [0.3, 0.4) is 0 Å². The van der Waals surface area contributed by atoms with Crippen LogP contribution in [-0.2, 0) is 16.1 Å². The van der Waals surface area contributed by atoms with Crippen molar-refractivity contribution < 1.29 is 19.2 Å². The molecule has 0 bridgehead atoms. The quantitative estimate of drug-likeness (QED) is 0.562. The van der Waals surface area contributed by atoms with Gasteiger partial charge in [-0.25, -0.2) is 9.99 Å². The van der Waals surface area contributed by atoms with E-state index in [1.807, 2.05) is 29.3 Å². The van der Waals surface area contributed by atoms with Crippen molar-refractivity contribution in [1.29, 1.82) is 0 Å². The van der Waals surface area contributed by atoms with Gasteiger partial charge in [-0.15, -0.1) is 11.3 Å².